The molecule has 0 aromatic carbocycles. The minimum atomic E-state index is 0.361. The van der Waals surface area contributed by atoms with Crippen LogP contribution in [0.5, 0.6) is 0 Å². The van der Waals surface area contributed by atoms with Crippen LogP contribution in [0.4, 0.5) is 5.95 Å². The standard InChI is InChI=1S/C14H19Cl2N5/c1-9(2)20-4-6-21(7-5-20)14-18-12-10(19(14)3)8-11(15)17-13(12)16/h8-9H,4-7H2,1-3H3. The predicted molar refractivity (Wildman–Crippen MR) is 87.5 cm³/mol. The largest absolute Gasteiger partial charge is 0.340 e. The van der Waals surface area contributed by atoms with Crippen molar-refractivity contribution in [3.8, 4) is 0 Å². The van der Waals surface area contributed by atoms with Crippen LogP contribution < -0.4 is 4.90 Å². The lowest BCUT2D eigenvalue weighted by Crippen LogP contribution is -2.49. The molecule has 0 aliphatic carbocycles. The summed E-state index contributed by atoms with van der Waals surface area (Å²) in [5, 5.41) is 0.756. The number of rotatable bonds is 2. The molecule has 0 spiro atoms. The Labute approximate surface area is 134 Å². The lowest BCUT2D eigenvalue weighted by atomic mass is 10.2. The molecular weight excluding hydrogens is 309 g/mol. The Hall–Kier alpha value is -1.04. The predicted octanol–water partition coefficient (Wildman–Crippen LogP) is 2.81. The highest BCUT2D eigenvalue weighted by atomic mass is 35.5. The first kappa shape index (κ1) is 14.9. The van der Waals surface area contributed by atoms with Gasteiger partial charge >= 0.3 is 0 Å². The molecule has 1 saturated heterocycles. The molecule has 3 heterocycles. The quantitative estimate of drug-likeness (QED) is 0.795. The molecule has 7 heteroatoms. The zero-order chi connectivity index (χ0) is 15.1. The Morgan fingerprint density at radius 2 is 1.76 bits per heavy atom. The zero-order valence-electron chi connectivity index (χ0n) is 12.5. The van der Waals surface area contributed by atoms with Gasteiger partial charge in [-0.3, -0.25) is 4.90 Å². The van der Waals surface area contributed by atoms with Crippen LogP contribution in [0.1, 0.15) is 13.8 Å². The van der Waals surface area contributed by atoms with E-state index in [1.165, 1.54) is 0 Å². The summed E-state index contributed by atoms with van der Waals surface area (Å²) < 4.78 is 2.04. The molecule has 0 atom stereocenters. The van der Waals surface area contributed by atoms with Gasteiger partial charge in [0.15, 0.2) is 5.15 Å². The van der Waals surface area contributed by atoms with Crippen molar-refractivity contribution < 1.29 is 0 Å². The molecule has 1 aliphatic heterocycles. The fraction of sp³-hybridized carbons (Fsp3) is 0.571. The van der Waals surface area contributed by atoms with Crippen LogP contribution in [0.3, 0.4) is 0 Å². The first-order valence-electron chi connectivity index (χ1n) is 7.15. The maximum absolute atomic E-state index is 6.15. The Bertz CT molecular complexity index is 659. The van der Waals surface area contributed by atoms with E-state index in [1.54, 1.807) is 0 Å². The highest BCUT2D eigenvalue weighted by molar-refractivity contribution is 6.36. The molecule has 0 bridgehead atoms. The van der Waals surface area contributed by atoms with Gasteiger partial charge in [0.25, 0.3) is 0 Å². The van der Waals surface area contributed by atoms with Gasteiger partial charge in [-0.1, -0.05) is 23.2 Å². The summed E-state index contributed by atoms with van der Waals surface area (Å²) in [4.78, 5) is 13.5. The van der Waals surface area contributed by atoms with Crippen LogP contribution >= 0.6 is 23.2 Å². The third kappa shape index (κ3) is 2.70. The minimum absolute atomic E-state index is 0.361. The highest BCUT2D eigenvalue weighted by Crippen LogP contribution is 2.28. The van der Waals surface area contributed by atoms with Gasteiger partial charge in [-0.25, -0.2) is 9.97 Å². The molecule has 0 saturated carbocycles. The summed E-state index contributed by atoms with van der Waals surface area (Å²) in [6.07, 6.45) is 0. The normalized spacial score (nSPS) is 17.1. The molecule has 1 aliphatic rings. The van der Waals surface area contributed by atoms with Crippen molar-refractivity contribution in [2.24, 2.45) is 7.05 Å². The molecule has 5 nitrogen and oxygen atoms in total. The summed E-state index contributed by atoms with van der Waals surface area (Å²) in [6, 6.07) is 2.40. The number of piperazine rings is 1. The molecule has 3 rings (SSSR count). The lowest BCUT2D eigenvalue weighted by molar-refractivity contribution is 0.208. The van der Waals surface area contributed by atoms with Gasteiger partial charge in [0.05, 0.1) is 5.52 Å². The molecule has 114 valence electrons. The van der Waals surface area contributed by atoms with Gasteiger partial charge in [-0.2, -0.15) is 0 Å². The highest BCUT2D eigenvalue weighted by Gasteiger charge is 2.23. The minimum Gasteiger partial charge on any atom is -0.340 e. The van der Waals surface area contributed by atoms with E-state index in [4.69, 9.17) is 23.2 Å². The van der Waals surface area contributed by atoms with E-state index < -0.39 is 0 Å². The van der Waals surface area contributed by atoms with Crippen LogP contribution in [0.25, 0.3) is 11.0 Å². The summed E-state index contributed by atoms with van der Waals surface area (Å²) in [5.41, 5.74) is 1.63. The molecule has 0 N–H and O–H groups in total. The second kappa shape index (κ2) is 5.63. The van der Waals surface area contributed by atoms with Gasteiger partial charge in [-0.15, -0.1) is 0 Å². The third-order valence-corrected chi connectivity index (χ3v) is 4.56. The summed E-state index contributed by atoms with van der Waals surface area (Å²) in [7, 11) is 1.99. The van der Waals surface area contributed by atoms with E-state index in [0.717, 1.165) is 37.6 Å². The number of aromatic nitrogens is 3. The molecule has 2 aromatic rings. The zero-order valence-corrected chi connectivity index (χ0v) is 14.0. The Morgan fingerprint density at radius 1 is 1.10 bits per heavy atom. The molecule has 0 unspecified atom stereocenters. The monoisotopic (exact) mass is 327 g/mol. The summed E-state index contributed by atoms with van der Waals surface area (Å²) in [6.45, 7) is 8.50. The van der Waals surface area contributed by atoms with E-state index in [9.17, 15) is 0 Å². The average Bonchev–Trinajstić information content (AvgIpc) is 2.77. The summed E-state index contributed by atoms with van der Waals surface area (Å²) in [5.74, 6) is 0.930. The smallest absolute Gasteiger partial charge is 0.206 e. The molecule has 0 amide bonds. The Balaban J connectivity index is 1.92. The fourth-order valence-electron chi connectivity index (χ4n) is 2.83. The molecular formula is C14H19Cl2N5. The van der Waals surface area contributed by atoms with Crippen LogP contribution in [-0.4, -0.2) is 51.7 Å². The second-order valence-electron chi connectivity index (χ2n) is 5.69. The Morgan fingerprint density at radius 3 is 2.38 bits per heavy atom. The fourth-order valence-corrected chi connectivity index (χ4v) is 3.29. The number of anilines is 1. The van der Waals surface area contributed by atoms with Gasteiger partial charge in [0.2, 0.25) is 5.95 Å². The number of nitrogens with zero attached hydrogens (tertiary/aromatic N) is 5. The van der Waals surface area contributed by atoms with Gasteiger partial charge in [0.1, 0.15) is 10.7 Å². The van der Waals surface area contributed by atoms with Crippen molar-refractivity contribution in [3.05, 3.63) is 16.4 Å². The number of aryl methyl sites for hydroxylation is 1. The number of pyridine rings is 1. The molecule has 2 aromatic heterocycles. The van der Waals surface area contributed by atoms with E-state index in [0.29, 0.717) is 21.9 Å². The van der Waals surface area contributed by atoms with Crippen LogP contribution in [-0.2, 0) is 7.05 Å². The van der Waals surface area contributed by atoms with E-state index in [1.807, 2.05) is 17.7 Å². The first-order chi connectivity index (χ1) is 9.97. The van der Waals surface area contributed by atoms with Crippen molar-refractivity contribution >= 4 is 40.2 Å². The number of imidazole rings is 1. The maximum atomic E-state index is 6.15. The third-order valence-electron chi connectivity index (χ3n) is 4.10. The summed E-state index contributed by atoms with van der Waals surface area (Å²) >= 11 is 12.1. The van der Waals surface area contributed by atoms with E-state index >= 15 is 0 Å². The van der Waals surface area contributed by atoms with E-state index in [2.05, 4.69) is 33.6 Å². The van der Waals surface area contributed by atoms with Crippen molar-refractivity contribution in [3.63, 3.8) is 0 Å². The Kier molecular flexibility index (Phi) is 3.99. The number of halogens is 2. The molecule has 21 heavy (non-hydrogen) atoms. The molecule has 0 radical (unpaired) electrons. The topological polar surface area (TPSA) is 37.2 Å². The first-order valence-corrected chi connectivity index (χ1v) is 7.90. The van der Waals surface area contributed by atoms with Crippen molar-refractivity contribution in [2.45, 2.75) is 19.9 Å². The number of fused-ring (bicyclic) bond motifs is 1. The SMILES string of the molecule is CC(C)N1CCN(c2nc3c(Cl)nc(Cl)cc3n2C)CC1. The maximum Gasteiger partial charge on any atom is 0.206 e. The van der Waals surface area contributed by atoms with Gasteiger partial charge < -0.3 is 9.47 Å². The van der Waals surface area contributed by atoms with E-state index in [-0.39, 0.29) is 0 Å². The van der Waals surface area contributed by atoms with Gasteiger partial charge in [-0.05, 0) is 13.8 Å². The molecule has 1 fully saturated rings. The van der Waals surface area contributed by atoms with Crippen molar-refractivity contribution in [1.29, 1.82) is 0 Å². The average molecular weight is 328 g/mol. The number of hydrogen-bond acceptors (Lipinski definition) is 4. The lowest BCUT2D eigenvalue weighted by Gasteiger charge is -2.37. The van der Waals surface area contributed by atoms with Crippen LogP contribution in [0, 0.1) is 0 Å². The number of hydrogen-bond donors (Lipinski definition) is 0. The van der Waals surface area contributed by atoms with Gasteiger partial charge in [0, 0.05) is 45.3 Å². The van der Waals surface area contributed by atoms with Crippen molar-refractivity contribution in [2.75, 3.05) is 31.1 Å². The van der Waals surface area contributed by atoms with Crippen LogP contribution in [0.15, 0.2) is 6.07 Å². The van der Waals surface area contributed by atoms with Crippen LogP contribution in [0.2, 0.25) is 10.3 Å². The second-order valence-corrected chi connectivity index (χ2v) is 6.44. The van der Waals surface area contributed by atoms with Crippen molar-refractivity contribution in [1.82, 2.24) is 19.4 Å².